The zero-order valence-corrected chi connectivity index (χ0v) is 12.8. The second kappa shape index (κ2) is 6.37. The predicted octanol–water partition coefficient (Wildman–Crippen LogP) is 3.75. The molecule has 1 heterocycles. The Kier molecular flexibility index (Phi) is 4.80. The summed E-state index contributed by atoms with van der Waals surface area (Å²) < 4.78 is 6.26. The van der Waals surface area contributed by atoms with Crippen LogP contribution < -0.4 is 10.5 Å². The van der Waals surface area contributed by atoms with Crippen molar-refractivity contribution in [2.24, 2.45) is 5.73 Å². The number of methoxy groups -OCH3 is 1. The van der Waals surface area contributed by atoms with Gasteiger partial charge in [0.25, 0.3) is 0 Å². The Morgan fingerprint density at radius 3 is 2.79 bits per heavy atom. The van der Waals surface area contributed by atoms with Crippen molar-refractivity contribution in [2.45, 2.75) is 12.5 Å². The molecule has 0 radical (unpaired) electrons. The van der Waals surface area contributed by atoms with E-state index >= 15 is 0 Å². The highest BCUT2D eigenvalue weighted by atomic mass is 79.9. The van der Waals surface area contributed by atoms with Gasteiger partial charge in [-0.2, -0.15) is 0 Å². The first kappa shape index (κ1) is 14.3. The lowest BCUT2D eigenvalue weighted by atomic mass is 10.0. The van der Waals surface area contributed by atoms with Crippen LogP contribution in [0.4, 0.5) is 0 Å². The van der Waals surface area contributed by atoms with Crippen molar-refractivity contribution in [3.05, 3.63) is 57.3 Å². The van der Waals surface area contributed by atoms with Crippen molar-refractivity contribution in [2.75, 3.05) is 7.11 Å². The lowest BCUT2D eigenvalue weighted by Crippen LogP contribution is -2.15. The quantitative estimate of drug-likeness (QED) is 0.921. The van der Waals surface area contributed by atoms with E-state index in [1.807, 2.05) is 24.3 Å². The molecule has 100 valence electrons. The maximum Gasteiger partial charge on any atom is 0.125 e. The number of pyridine rings is 1. The van der Waals surface area contributed by atoms with E-state index in [2.05, 4.69) is 20.9 Å². The Balaban J connectivity index is 2.19. The summed E-state index contributed by atoms with van der Waals surface area (Å²) >= 11 is 9.30. The third-order valence-corrected chi connectivity index (χ3v) is 3.52. The van der Waals surface area contributed by atoms with E-state index in [0.29, 0.717) is 17.2 Å². The molecule has 2 rings (SSSR count). The van der Waals surface area contributed by atoms with Gasteiger partial charge in [-0.15, -0.1) is 0 Å². The van der Waals surface area contributed by atoms with Gasteiger partial charge in [-0.3, -0.25) is 4.98 Å². The van der Waals surface area contributed by atoms with Gasteiger partial charge < -0.3 is 10.5 Å². The number of ether oxygens (including phenoxy) is 1. The minimum Gasteiger partial charge on any atom is -0.496 e. The third kappa shape index (κ3) is 3.69. The van der Waals surface area contributed by atoms with Crippen molar-refractivity contribution < 1.29 is 4.74 Å². The second-order valence-corrected chi connectivity index (χ2v) is 5.52. The molecule has 2 N–H and O–H groups in total. The van der Waals surface area contributed by atoms with Crippen molar-refractivity contribution in [1.82, 2.24) is 4.98 Å². The summed E-state index contributed by atoms with van der Waals surface area (Å²) in [5, 5.41) is 0.634. The summed E-state index contributed by atoms with van der Waals surface area (Å²) in [7, 11) is 1.61. The molecule has 0 saturated heterocycles. The number of nitrogens with two attached hydrogens (primary N) is 1. The van der Waals surface area contributed by atoms with Crippen molar-refractivity contribution in [3.63, 3.8) is 0 Å². The standard InChI is InChI=1S/C14H14BrClN2O/c1-19-14-6-10(16)3-5-12(14)13(17)7-11-4-2-9(15)8-18-11/h2-6,8,13H,7,17H2,1H3. The summed E-state index contributed by atoms with van der Waals surface area (Å²) in [5.41, 5.74) is 8.08. The van der Waals surface area contributed by atoms with E-state index < -0.39 is 0 Å². The number of aromatic nitrogens is 1. The summed E-state index contributed by atoms with van der Waals surface area (Å²) in [6, 6.07) is 9.20. The van der Waals surface area contributed by atoms with Gasteiger partial charge in [-0.05, 0) is 40.2 Å². The normalized spacial score (nSPS) is 12.2. The van der Waals surface area contributed by atoms with Crippen LogP contribution in [0.25, 0.3) is 0 Å². The highest BCUT2D eigenvalue weighted by Crippen LogP contribution is 2.28. The first-order chi connectivity index (χ1) is 9.10. The lowest BCUT2D eigenvalue weighted by Gasteiger charge is -2.15. The minimum absolute atomic E-state index is 0.180. The fraction of sp³-hybridized carbons (Fsp3) is 0.214. The fourth-order valence-corrected chi connectivity index (χ4v) is 2.25. The SMILES string of the molecule is COc1cc(Cl)ccc1C(N)Cc1ccc(Br)cn1. The second-order valence-electron chi connectivity index (χ2n) is 4.16. The third-order valence-electron chi connectivity index (χ3n) is 2.81. The molecule has 0 amide bonds. The Morgan fingerprint density at radius 1 is 1.37 bits per heavy atom. The average Bonchev–Trinajstić information content (AvgIpc) is 2.41. The number of hydrogen-bond donors (Lipinski definition) is 1. The molecule has 0 saturated carbocycles. The molecule has 2 aromatic rings. The van der Waals surface area contributed by atoms with Gasteiger partial charge >= 0.3 is 0 Å². The Bertz CT molecular complexity index is 560. The molecule has 3 nitrogen and oxygen atoms in total. The molecule has 1 atom stereocenters. The van der Waals surface area contributed by atoms with Gasteiger partial charge in [0.1, 0.15) is 5.75 Å². The van der Waals surface area contributed by atoms with Crippen LogP contribution in [-0.4, -0.2) is 12.1 Å². The van der Waals surface area contributed by atoms with E-state index in [4.69, 9.17) is 22.1 Å². The average molecular weight is 342 g/mol. The Labute approximate surface area is 125 Å². The molecule has 0 spiro atoms. The van der Waals surface area contributed by atoms with Crippen LogP contribution >= 0.6 is 27.5 Å². The first-order valence-electron chi connectivity index (χ1n) is 5.79. The van der Waals surface area contributed by atoms with Crippen LogP contribution in [-0.2, 0) is 6.42 Å². The van der Waals surface area contributed by atoms with E-state index in [1.54, 1.807) is 19.4 Å². The zero-order valence-electron chi connectivity index (χ0n) is 10.4. The van der Waals surface area contributed by atoms with Crippen LogP contribution in [0.1, 0.15) is 17.3 Å². The van der Waals surface area contributed by atoms with E-state index in [9.17, 15) is 0 Å². The largest absolute Gasteiger partial charge is 0.496 e. The number of hydrogen-bond acceptors (Lipinski definition) is 3. The summed E-state index contributed by atoms with van der Waals surface area (Å²) in [6.07, 6.45) is 2.41. The first-order valence-corrected chi connectivity index (χ1v) is 6.96. The van der Waals surface area contributed by atoms with E-state index in [0.717, 1.165) is 15.7 Å². The molecule has 1 aromatic heterocycles. The number of rotatable bonds is 4. The molecular weight excluding hydrogens is 328 g/mol. The molecular formula is C14H14BrClN2O. The summed E-state index contributed by atoms with van der Waals surface area (Å²) in [4.78, 5) is 4.32. The molecule has 19 heavy (non-hydrogen) atoms. The van der Waals surface area contributed by atoms with Crippen LogP contribution in [0.3, 0.4) is 0 Å². The fourth-order valence-electron chi connectivity index (χ4n) is 1.85. The Hall–Kier alpha value is -1.10. The predicted molar refractivity (Wildman–Crippen MR) is 80.6 cm³/mol. The van der Waals surface area contributed by atoms with Crippen LogP contribution in [0.15, 0.2) is 41.0 Å². The number of halogens is 2. The maximum atomic E-state index is 6.22. The van der Waals surface area contributed by atoms with Crippen molar-refractivity contribution >= 4 is 27.5 Å². The topological polar surface area (TPSA) is 48.1 Å². The van der Waals surface area contributed by atoms with Gasteiger partial charge in [-0.1, -0.05) is 17.7 Å². The summed E-state index contributed by atoms with van der Waals surface area (Å²) in [6.45, 7) is 0. The molecule has 0 aliphatic heterocycles. The van der Waals surface area contributed by atoms with Crippen LogP contribution in [0.2, 0.25) is 5.02 Å². The van der Waals surface area contributed by atoms with Crippen molar-refractivity contribution in [3.8, 4) is 5.75 Å². The van der Waals surface area contributed by atoms with Crippen molar-refractivity contribution in [1.29, 1.82) is 0 Å². The zero-order chi connectivity index (χ0) is 13.8. The molecule has 0 aliphatic carbocycles. The van der Waals surface area contributed by atoms with Gasteiger partial charge in [0.2, 0.25) is 0 Å². The van der Waals surface area contributed by atoms with Crippen LogP contribution in [0, 0.1) is 0 Å². The van der Waals surface area contributed by atoms with Gasteiger partial charge in [0, 0.05) is 39.4 Å². The maximum absolute atomic E-state index is 6.22. The van der Waals surface area contributed by atoms with E-state index in [1.165, 1.54) is 0 Å². The van der Waals surface area contributed by atoms with Gasteiger partial charge in [0.05, 0.1) is 7.11 Å². The number of nitrogens with zero attached hydrogens (tertiary/aromatic N) is 1. The number of benzene rings is 1. The Morgan fingerprint density at radius 2 is 2.16 bits per heavy atom. The lowest BCUT2D eigenvalue weighted by molar-refractivity contribution is 0.405. The van der Waals surface area contributed by atoms with Gasteiger partial charge in [-0.25, -0.2) is 0 Å². The highest BCUT2D eigenvalue weighted by molar-refractivity contribution is 9.10. The molecule has 1 unspecified atom stereocenters. The van der Waals surface area contributed by atoms with E-state index in [-0.39, 0.29) is 6.04 Å². The van der Waals surface area contributed by atoms with Crippen LogP contribution in [0.5, 0.6) is 5.75 Å². The molecule has 1 aromatic carbocycles. The molecule has 5 heteroatoms. The summed E-state index contributed by atoms with van der Waals surface area (Å²) in [5.74, 6) is 0.706. The minimum atomic E-state index is -0.180. The highest BCUT2D eigenvalue weighted by Gasteiger charge is 2.13. The molecule has 0 aliphatic rings. The smallest absolute Gasteiger partial charge is 0.125 e. The monoisotopic (exact) mass is 340 g/mol. The molecule has 0 bridgehead atoms. The molecule has 0 fully saturated rings. The van der Waals surface area contributed by atoms with Gasteiger partial charge in [0.15, 0.2) is 0 Å².